The molecule has 180 valence electrons. The highest BCUT2D eigenvalue weighted by Gasteiger charge is 2.29. The first-order valence-electron chi connectivity index (χ1n) is 10.0. The van der Waals surface area contributed by atoms with Gasteiger partial charge in [0.2, 0.25) is 17.7 Å². The van der Waals surface area contributed by atoms with Crippen molar-refractivity contribution in [3.8, 4) is 0 Å². The summed E-state index contributed by atoms with van der Waals surface area (Å²) >= 11 is 4.07. The SMILES string of the molecule is NCCCCC(NC(=O)C(N)CO)C(=O)NC(CS)C(=O)NC(Cc1cnc[nH]1)C(=O)O. The number of aliphatic hydroxyl groups excluding tert-OH is 1. The van der Waals surface area contributed by atoms with Crippen LogP contribution in [0.25, 0.3) is 0 Å². The molecule has 1 aromatic heterocycles. The molecule has 0 bridgehead atoms. The van der Waals surface area contributed by atoms with Crippen LogP contribution in [-0.4, -0.2) is 86.9 Å². The van der Waals surface area contributed by atoms with Crippen LogP contribution in [0.1, 0.15) is 25.0 Å². The molecule has 0 radical (unpaired) electrons. The van der Waals surface area contributed by atoms with Crippen LogP contribution < -0.4 is 27.4 Å². The van der Waals surface area contributed by atoms with Gasteiger partial charge in [-0.2, -0.15) is 12.6 Å². The number of aliphatic carboxylic acids is 1. The van der Waals surface area contributed by atoms with E-state index in [0.29, 0.717) is 25.1 Å². The van der Waals surface area contributed by atoms with Gasteiger partial charge >= 0.3 is 5.97 Å². The Bertz CT molecular complexity index is 748. The lowest BCUT2D eigenvalue weighted by Crippen LogP contribution is -2.58. The van der Waals surface area contributed by atoms with Crippen molar-refractivity contribution in [2.75, 3.05) is 18.9 Å². The van der Waals surface area contributed by atoms with Crippen LogP contribution in [0.15, 0.2) is 12.5 Å². The Hall–Kier alpha value is -2.68. The standard InChI is InChI=1S/C18H31N7O6S/c19-4-2-1-3-12(23-15(27)11(20)7-26)16(28)25-14(8-32)17(29)24-13(18(30)31)5-10-6-21-9-22-10/h6,9,11-14,26,32H,1-5,7-8,19-20H2,(H,21,22)(H,23,27)(H,24,29)(H,25,28)(H,30,31). The molecule has 4 atom stereocenters. The van der Waals surface area contributed by atoms with Crippen LogP contribution in [0.3, 0.4) is 0 Å². The molecule has 0 saturated heterocycles. The van der Waals surface area contributed by atoms with Gasteiger partial charge in [-0.3, -0.25) is 14.4 Å². The normalized spacial score (nSPS) is 14.6. The Morgan fingerprint density at radius 1 is 1.06 bits per heavy atom. The topological polar surface area (TPSA) is 226 Å². The maximum Gasteiger partial charge on any atom is 0.326 e. The Morgan fingerprint density at radius 2 is 1.69 bits per heavy atom. The summed E-state index contributed by atoms with van der Waals surface area (Å²) in [5.74, 6) is -3.53. The number of aromatic amines is 1. The molecule has 10 N–H and O–H groups in total. The predicted octanol–water partition coefficient (Wildman–Crippen LogP) is -3.13. The Balaban J connectivity index is 2.81. The molecule has 3 amide bonds. The number of hydrogen-bond donors (Lipinski definition) is 9. The number of aliphatic hydroxyl groups is 1. The van der Waals surface area contributed by atoms with E-state index in [2.05, 4.69) is 38.5 Å². The van der Waals surface area contributed by atoms with Gasteiger partial charge in [0.25, 0.3) is 0 Å². The van der Waals surface area contributed by atoms with Crippen LogP contribution in [0.4, 0.5) is 0 Å². The van der Waals surface area contributed by atoms with Gasteiger partial charge in [-0.05, 0) is 25.8 Å². The molecule has 0 fully saturated rings. The highest BCUT2D eigenvalue weighted by molar-refractivity contribution is 7.80. The van der Waals surface area contributed by atoms with Crippen molar-refractivity contribution in [3.63, 3.8) is 0 Å². The minimum Gasteiger partial charge on any atom is -0.480 e. The van der Waals surface area contributed by atoms with E-state index in [1.807, 2.05) is 0 Å². The fourth-order valence-corrected chi connectivity index (χ4v) is 2.94. The minimum atomic E-state index is -1.26. The summed E-state index contributed by atoms with van der Waals surface area (Å²) in [5.41, 5.74) is 11.5. The van der Waals surface area contributed by atoms with E-state index >= 15 is 0 Å². The number of carboxylic acid groups (broad SMARTS) is 1. The fraction of sp³-hybridized carbons (Fsp3) is 0.611. The quantitative estimate of drug-likeness (QED) is 0.0925. The maximum absolute atomic E-state index is 12.7. The van der Waals surface area contributed by atoms with Gasteiger partial charge in [-0.15, -0.1) is 0 Å². The molecule has 13 nitrogen and oxygen atoms in total. The van der Waals surface area contributed by atoms with Crippen molar-refractivity contribution < 1.29 is 29.4 Å². The highest BCUT2D eigenvalue weighted by atomic mass is 32.1. The fourth-order valence-electron chi connectivity index (χ4n) is 2.68. The van der Waals surface area contributed by atoms with Crippen LogP contribution in [0.2, 0.25) is 0 Å². The van der Waals surface area contributed by atoms with Crippen LogP contribution in [0.5, 0.6) is 0 Å². The van der Waals surface area contributed by atoms with E-state index in [-0.39, 0.29) is 18.6 Å². The summed E-state index contributed by atoms with van der Waals surface area (Å²) in [4.78, 5) is 55.4. The van der Waals surface area contributed by atoms with Gasteiger partial charge in [0, 0.05) is 24.1 Å². The summed E-state index contributed by atoms with van der Waals surface area (Å²) in [7, 11) is 0. The average molecular weight is 474 g/mol. The number of nitrogens with one attached hydrogen (secondary N) is 4. The van der Waals surface area contributed by atoms with Crippen molar-refractivity contribution in [3.05, 3.63) is 18.2 Å². The van der Waals surface area contributed by atoms with Crippen LogP contribution >= 0.6 is 12.6 Å². The number of nitrogens with zero attached hydrogens (tertiary/aromatic N) is 1. The van der Waals surface area contributed by atoms with Crippen molar-refractivity contribution in [1.82, 2.24) is 25.9 Å². The lowest BCUT2D eigenvalue weighted by Gasteiger charge is -2.24. The molecule has 0 saturated carbocycles. The average Bonchev–Trinajstić information content (AvgIpc) is 3.28. The molecule has 0 aromatic carbocycles. The van der Waals surface area contributed by atoms with Gasteiger partial charge in [0.15, 0.2) is 0 Å². The van der Waals surface area contributed by atoms with E-state index in [9.17, 15) is 24.3 Å². The monoisotopic (exact) mass is 473 g/mol. The number of thiol groups is 1. The van der Waals surface area contributed by atoms with E-state index in [4.69, 9.17) is 16.6 Å². The van der Waals surface area contributed by atoms with Gasteiger partial charge in [0.1, 0.15) is 24.2 Å². The maximum atomic E-state index is 12.7. The van der Waals surface area contributed by atoms with Crippen molar-refractivity contribution in [2.45, 2.75) is 49.9 Å². The second-order valence-corrected chi connectivity index (χ2v) is 7.42. The van der Waals surface area contributed by atoms with Gasteiger partial charge in [0.05, 0.1) is 12.9 Å². The number of unbranched alkanes of at least 4 members (excludes halogenated alkanes) is 1. The Morgan fingerprint density at radius 3 is 2.22 bits per heavy atom. The van der Waals surface area contributed by atoms with Gasteiger partial charge in [-0.1, -0.05) is 0 Å². The van der Waals surface area contributed by atoms with E-state index < -0.39 is 54.5 Å². The molecule has 0 aliphatic carbocycles. The molecular formula is C18H31N7O6S. The molecule has 1 rings (SSSR count). The molecule has 14 heteroatoms. The molecule has 4 unspecified atom stereocenters. The summed E-state index contributed by atoms with van der Waals surface area (Å²) in [6, 6.07) is -4.65. The zero-order valence-electron chi connectivity index (χ0n) is 17.5. The highest BCUT2D eigenvalue weighted by Crippen LogP contribution is 2.04. The second-order valence-electron chi connectivity index (χ2n) is 7.06. The number of carboxylic acids is 1. The zero-order valence-corrected chi connectivity index (χ0v) is 18.4. The third-order valence-corrected chi connectivity index (χ3v) is 4.89. The Kier molecular flexibility index (Phi) is 12.3. The number of nitrogens with two attached hydrogens (primary N) is 2. The summed E-state index contributed by atoms with van der Waals surface area (Å²) < 4.78 is 0. The zero-order chi connectivity index (χ0) is 24.1. The number of carbonyl (C=O) groups excluding carboxylic acids is 3. The lowest BCUT2D eigenvalue weighted by atomic mass is 10.1. The molecule has 0 spiro atoms. The van der Waals surface area contributed by atoms with Crippen molar-refractivity contribution >= 4 is 36.3 Å². The summed E-state index contributed by atoms with van der Waals surface area (Å²) in [6.07, 6.45) is 4.14. The minimum absolute atomic E-state index is 0.0366. The van der Waals surface area contributed by atoms with E-state index in [1.54, 1.807) is 0 Å². The number of carbonyl (C=O) groups is 4. The second kappa shape index (κ2) is 14.4. The third kappa shape index (κ3) is 9.21. The van der Waals surface area contributed by atoms with Crippen LogP contribution in [-0.2, 0) is 25.6 Å². The predicted molar refractivity (Wildman–Crippen MR) is 118 cm³/mol. The first-order chi connectivity index (χ1) is 15.2. The molecule has 0 aliphatic heterocycles. The molecule has 32 heavy (non-hydrogen) atoms. The van der Waals surface area contributed by atoms with E-state index in [0.717, 1.165) is 0 Å². The Labute approximate surface area is 190 Å². The number of H-pyrrole nitrogens is 1. The molecular weight excluding hydrogens is 442 g/mol. The largest absolute Gasteiger partial charge is 0.480 e. The van der Waals surface area contributed by atoms with Gasteiger partial charge in [-0.25, -0.2) is 9.78 Å². The number of aromatic nitrogens is 2. The summed E-state index contributed by atoms with van der Waals surface area (Å²) in [5, 5.41) is 25.7. The lowest BCUT2D eigenvalue weighted by molar-refractivity contribution is -0.142. The number of imidazole rings is 1. The first-order valence-corrected chi connectivity index (χ1v) is 10.6. The number of amides is 3. The molecule has 1 aromatic rings. The smallest absolute Gasteiger partial charge is 0.326 e. The molecule has 0 aliphatic rings. The third-order valence-electron chi connectivity index (χ3n) is 4.52. The van der Waals surface area contributed by atoms with E-state index in [1.165, 1.54) is 12.5 Å². The number of rotatable bonds is 15. The van der Waals surface area contributed by atoms with Crippen LogP contribution in [0, 0.1) is 0 Å². The molecule has 1 heterocycles. The first kappa shape index (κ1) is 27.4. The summed E-state index contributed by atoms with van der Waals surface area (Å²) in [6.45, 7) is -0.204. The number of hydrogen-bond acceptors (Lipinski definition) is 9. The van der Waals surface area contributed by atoms with Crippen molar-refractivity contribution in [1.29, 1.82) is 0 Å². The van der Waals surface area contributed by atoms with Crippen molar-refractivity contribution in [2.24, 2.45) is 11.5 Å². The van der Waals surface area contributed by atoms with Gasteiger partial charge < -0.3 is 42.6 Å².